The van der Waals surface area contributed by atoms with Gasteiger partial charge in [-0.3, -0.25) is 5.10 Å². The number of H-pyrrole nitrogens is 1. The summed E-state index contributed by atoms with van der Waals surface area (Å²) in [6, 6.07) is 0. The van der Waals surface area contributed by atoms with Crippen LogP contribution in [0.3, 0.4) is 0 Å². The van der Waals surface area contributed by atoms with Crippen LogP contribution in [0.5, 0.6) is 0 Å². The molecule has 2 aromatic rings. The number of imidazole rings is 1. The zero-order chi connectivity index (χ0) is 11.9. The van der Waals surface area contributed by atoms with Gasteiger partial charge in [-0.15, -0.1) is 0 Å². The Morgan fingerprint density at radius 3 is 3.18 bits per heavy atom. The Morgan fingerprint density at radius 2 is 2.41 bits per heavy atom. The summed E-state index contributed by atoms with van der Waals surface area (Å²) in [5.74, 6) is 0.821. The molecule has 0 spiro atoms. The summed E-state index contributed by atoms with van der Waals surface area (Å²) in [7, 11) is 1.69. The largest absolute Gasteiger partial charge is 0.383 e. The van der Waals surface area contributed by atoms with E-state index in [1.807, 2.05) is 10.8 Å². The molecule has 0 aliphatic carbocycles. The Labute approximate surface area is 99.2 Å². The first-order valence-corrected chi connectivity index (χ1v) is 5.43. The number of hydrogen-bond acceptors (Lipinski definition) is 5. The third-order valence-corrected chi connectivity index (χ3v) is 2.27. The summed E-state index contributed by atoms with van der Waals surface area (Å²) in [4.78, 5) is 8.35. The van der Waals surface area contributed by atoms with E-state index in [0.29, 0.717) is 13.2 Å². The van der Waals surface area contributed by atoms with Crippen molar-refractivity contribution in [3.8, 4) is 0 Å². The van der Waals surface area contributed by atoms with Crippen LogP contribution in [0, 0.1) is 0 Å². The molecule has 0 amide bonds. The molecule has 0 saturated carbocycles. The molecule has 7 nitrogen and oxygen atoms in total. The number of methoxy groups -OCH3 is 1. The van der Waals surface area contributed by atoms with Gasteiger partial charge < -0.3 is 14.6 Å². The van der Waals surface area contributed by atoms with Crippen LogP contribution in [0.2, 0.25) is 0 Å². The van der Waals surface area contributed by atoms with E-state index in [-0.39, 0.29) is 0 Å². The van der Waals surface area contributed by atoms with Gasteiger partial charge in [0.1, 0.15) is 12.2 Å². The van der Waals surface area contributed by atoms with E-state index in [9.17, 15) is 0 Å². The van der Waals surface area contributed by atoms with E-state index in [2.05, 4.69) is 25.5 Å². The van der Waals surface area contributed by atoms with Crippen molar-refractivity contribution in [2.45, 2.75) is 13.1 Å². The molecule has 2 aromatic heterocycles. The number of nitrogens with one attached hydrogen (secondary N) is 2. The average molecular weight is 236 g/mol. The molecule has 0 fully saturated rings. The molecule has 2 N–H and O–H groups in total. The van der Waals surface area contributed by atoms with Crippen molar-refractivity contribution in [2.24, 2.45) is 0 Å². The van der Waals surface area contributed by atoms with Gasteiger partial charge in [-0.05, 0) is 0 Å². The number of rotatable bonds is 7. The normalized spacial score (nSPS) is 10.9. The van der Waals surface area contributed by atoms with Crippen LogP contribution in [0.4, 0.5) is 0 Å². The molecule has 17 heavy (non-hydrogen) atoms. The van der Waals surface area contributed by atoms with Crippen molar-refractivity contribution >= 4 is 0 Å². The zero-order valence-corrected chi connectivity index (χ0v) is 9.76. The Morgan fingerprint density at radius 1 is 1.47 bits per heavy atom. The molecule has 0 radical (unpaired) electrons. The second-order valence-electron chi connectivity index (χ2n) is 3.64. The molecule has 0 unspecified atom stereocenters. The molecular weight excluding hydrogens is 220 g/mol. The highest BCUT2D eigenvalue weighted by Gasteiger charge is 2.01. The lowest BCUT2D eigenvalue weighted by molar-refractivity contribution is 0.199. The second kappa shape index (κ2) is 6.12. The maximum absolute atomic E-state index is 4.95. The number of aromatic amines is 1. The van der Waals surface area contributed by atoms with E-state index in [4.69, 9.17) is 4.74 Å². The summed E-state index contributed by atoms with van der Waals surface area (Å²) in [6.07, 6.45) is 5.28. The van der Waals surface area contributed by atoms with E-state index >= 15 is 0 Å². The Balaban J connectivity index is 1.79. The minimum Gasteiger partial charge on any atom is -0.383 e. The lowest BCUT2D eigenvalue weighted by atomic mass is 10.4. The summed E-state index contributed by atoms with van der Waals surface area (Å²) in [6.45, 7) is 2.93. The molecule has 2 heterocycles. The Kier molecular flexibility index (Phi) is 4.23. The van der Waals surface area contributed by atoms with E-state index in [1.165, 1.54) is 6.33 Å². The zero-order valence-electron chi connectivity index (χ0n) is 9.76. The fourth-order valence-electron chi connectivity index (χ4n) is 1.45. The van der Waals surface area contributed by atoms with Crippen LogP contribution in [0.15, 0.2) is 18.9 Å². The molecule has 0 aliphatic rings. The Bertz CT molecular complexity index is 424. The standard InChI is InChI=1S/C10H16N6O/c1-17-3-2-11-4-9-5-16(8-13-9)6-10-12-7-14-15-10/h5,7-8,11H,2-4,6H2,1H3,(H,12,14,15). The SMILES string of the molecule is COCCNCc1cn(Cc2ncn[nH]2)cn1. The molecule has 0 bridgehead atoms. The minimum atomic E-state index is 0.658. The molecule has 92 valence electrons. The number of ether oxygens (including phenoxy) is 1. The smallest absolute Gasteiger partial charge is 0.144 e. The maximum atomic E-state index is 4.95. The first kappa shape index (κ1) is 11.7. The molecule has 0 aliphatic heterocycles. The highest BCUT2D eigenvalue weighted by Crippen LogP contribution is 1.98. The van der Waals surface area contributed by atoms with Crippen LogP contribution in [-0.2, 0) is 17.8 Å². The van der Waals surface area contributed by atoms with Gasteiger partial charge in [0.15, 0.2) is 0 Å². The minimum absolute atomic E-state index is 0.658. The predicted octanol–water partition coefficient (Wildman–Crippen LogP) is -0.215. The van der Waals surface area contributed by atoms with Gasteiger partial charge in [-0.1, -0.05) is 0 Å². The molecule has 2 rings (SSSR count). The van der Waals surface area contributed by atoms with E-state index < -0.39 is 0 Å². The lowest BCUT2D eigenvalue weighted by Gasteiger charge is -2.00. The number of hydrogen-bond donors (Lipinski definition) is 2. The Hall–Kier alpha value is -1.73. The fourth-order valence-corrected chi connectivity index (χ4v) is 1.45. The molecule has 0 aromatic carbocycles. The number of nitrogens with zero attached hydrogens (tertiary/aromatic N) is 4. The summed E-state index contributed by atoms with van der Waals surface area (Å²) >= 11 is 0. The predicted molar refractivity (Wildman–Crippen MR) is 61.3 cm³/mol. The highest BCUT2D eigenvalue weighted by atomic mass is 16.5. The van der Waals surface area contributed by atoms with Crippen molar-refractivity contribution in [2.75, 3.05) is 20.3 Å². The molecule has 7 heteroatoms. The van der Waals surface area contributed by atoms with Crippen LogP contribution < -0.4 is 5.32 Å². The first-order chi connectivity index (χ1) is 8.38. The quantitative estimate of drug-likeness (QED) is 0.650. The van der Waals surface area contributed by atoms with Crippen LogP contribution in [0.1, 0.15) is 11.5 Å². The second-order valence-corrected chi connectivity index (χ2v) is 3.64. The van der Waals surface area contributed by atoms with Crippen LogP contribution in [-0.4, -0.2) is 45.0 Å². The monoisotopic (exact) mass is 236 g/mol. The summed E-state index contributed by atoms with van der Waals surface area (Å²) in [5, 5.41) is 9.85. The van der Waals surface area contributed by atoms with E-state index in [1.54, 1.807) is 13.4 Å². The third kappa shape index (κ3) is 3.65. The van der Waals surface area contributed by atoms with Gasteiger partial charge in [0, 0.05) is 26.4 Å². The van der Waals surface area contributed by atoms with Gasteiger partial charge in [0.25, 0.3) is 0 Å². The molecule has 0 saturated heterocycles. The lowest BCUT2D eigenvalue weighted by Crippen LogP contribution is -2.18. The van der Waals surface area contributed by atoms with Crippen molar-refractivity contribution < 1.29 is 4.74 Å². The van der Waals surface area contributed by atoms with Gasteiger partial charge in [-0.25, -0.2) is 9.97 Å². The van der Waals surface area contributed by atoms with Gasteiger partial charge in [0.05, 0.1) is 25.2 Å². The number of aromatic nitrogens is 5. The van der Waals surface area contributed by atoms with Crippen molar-refractivity contribution in [1.29, 1.82) is 0 Å². The highest BCUT2D eigenvalue weighted by molar-refractivity contribution is 4.98. The third-order valence-electron chi connectivity index (χ3n) is 2.27. The van der Waals surface area contributed by atoms with Crippen molar-refractivity contribution in [1.82, 2.24) is 30.0 Å². The fraction of sp³-hybridized carbons (Fsp3) is 0.500. The first-order valence-electron chi connectivity index (χ1n) is 5.43. The molecular formula is C10H16N6O. The summed E-state index contributed by atoms with van der Waals surface area (Å²) in [5.41, 5.74) is 1.00. The summed E-state index contributed by atoms with van der Waals surface area (Å²) < 4.78 is 6.91. The van der Waals surface area contributed by atoms with Gasteiger partial charge in [-0.2, -0.15) is 5.10 Å². The average Bonchev–Trinajstić information content (AvgIpc) is 2.97. The topological polar surface area (TPSA) is 80.6 Å². The van der Waals surface area contributed by atoms with Crippen molar-refractivity contribution in [3.63, 3.8) is 0 Å². The molecule has 0 atom stereocenters. The van der Waals surface area contributed by atoms with Gasteiger partial charge >= 0.3 is 0 Å². The van der Waals surface area contributed by atoms with Crippen molar-refractivity contribution in [3.05, 3.63) is 30.4 Å². The van der Waals surface area contributed by atoms with Gasteiger partial charge in [0.2, 0.25) is 0 Å². The van der Waals surface area contributed by atoms with Crippen LogP contribution in [0.25, 0.3) is 0 Å². The van der Waals surface area contributed by atoms with Crippen LogP contribution >= 0.6 is 0 Å². The van der Waals surface area contributed by atoms with E-state index in [0.717, 1.165) is 24.6 Å². The maximum Gasteiger partial charge on any atom is 0.144 e.